The van der Waals surface area contributed by atoms with E-state index < -0.39 is 0 Å². The van der Waals surface area contributed by atoms with Crippen LogP contribution >= 0.6 is 0 Å². The minimum atomic E-state index is -0.0336. The van der Waals surface area contributed by atoms with E-state index in [1.807, 2.05) is 26.1 Å². The van der Waals surface area contributed by atoms with E-state index in [0.29, 0.717) is 0 Å². The van der Waals surface area contributed by atoms with Gasteiger partial charge in [-0.3, -0.25) is 0 Å². The largest absolute Gasteiger partial charge is 0.465 e. The third-order valence-electron chi connectivity index (χ3n) is 2.61. The molecule has 1 rings (SSSR count). The average molecular weight is 212 g/mol. The van der Waals surface area contributed by atoms with Gasteiger partial charge in [-0.1, -0.05) is 6.92 Å². The highest BCUT2D eigenvalue weighted by molar-refractivity contribution is 5.11. The molecule has 2 unspecified atom stereocenters. The molecule has 86 valence electrons. The molecule has 2 atom stereocenters. The predicted molar refractivity (Wildman–Crippen MR) is 59.2 cm³/mol. The fraction of sp³-hybridized carbons (Fsp3) is 0.636. The number of nitrogens with two attached hydrogens (primary N) is 1. The monoisotopic (exact) mass is 212 g/mol. The smallest absolute Gasteiger partial charge is 0.125 e. The van der Waals surface area contributed by atoms with Gasteiger partial charge < -0.3 is 15.0 Å². The molecule has 2 N–H and O–H groups in total. The number of furan rings is 1. The fourth-order valence-electron chi connectivity index (χ4n) is 1.61. The zero-order valence-corrected chi connectivity index (χ0v) is 9.86. The number of likely N-dealkylation sites (N-methyl/N-ethyl adjacent to an activating group) is 1. The normalized spacial score (nSPS) is 15.6. The SMILES string of the molecule is CCC(N)C(c1ccc(C)o1)N(C)OC. The number of rotatable bonds is 5. The first kappa shape index (κ1) is 12.2. The molecular formula is C11H20N2O2. The standard InChI is InChI=1S/C11H20N2O2/c1-5-9(12)11(13(3)14-4)10-7-6-8(2)15-10/h6-7,9,11H,5,12H2,1-4H3. The molecule has 1 heterocycles. The van der Waals surface area contributed by atoms with Crippen molar-refractivity contribution in [2.24, 2.45) is 5.73 Å². The van der Waals surface area contributed by atoms with E-state index in [4.69, 9.17) is 15.0 Å². The van der Waals surface area contributed by atoms with Crippen molar-refractivity contribution < 1.29 is 9.25 Å². The van der Waals surface area contributed by atoms with Gasteiger partial charge in [0, 0.05) is 13.1 Å². The quantitative estimate of drug-likeness (QED) is 0.757. The van der Waals surface area contributed by atoms with E-state index >= 15 is 0 Å². The fourth-order valence-corrected chi connectivity index (χ4v) is 1.61. The summed E-state index contributed by atoms with van der Waals surface area (Å²) < 4.78 is 5.59. The lowest BCUT2D eigenvalue weighted by Crippen LogP contribution is -2.38. The van der Waals surface area contributed by atoms with Crippen LogP contribution in [0.15, 0.2) is 16.5 Å². The molecule has 4 nitrogen and oxygen atoms in total. The molecule has 4 heteroatoms. The van der Waals surface area contributed by atoms with Crippen LogP contribution in [-0.4, -0.2) is 25.3 Å². The molecule has 0 radical (unpaired) electrons. The Labute approximate surface area is 90.9 Å². The molecule has 0 spiro atoms. The minimum absolute atomic E-state index is 0.000463. The second-order valence-corrected chi connectivity index (χ2v) is 3.69. The number of aryl methyl sites for hydroxylation is 1. The van der Waals surface area contributed by atoms with Crippen LogP contribution in [0.3, 0.4) is 0 Å². The maximum Gasteiger partial charge on any atom is 0.125 e. The van der Waals surface area contributed by atoms with E-state index in [1.165, 1.54) is 0 Å². The predicted octanol–water partition coefficient (Wildman–Crippen LogP) is 1.86. The topological polar surface area (TPSA) is 51.6 Å². The lowest BCUT2D eigenvalue weighted by molar-refractivity contribution is -0.152. The van der Waals surface area contributed by atoms with Crippen molar-refractivity contribution in [2.45, 2.75) is 32.4 Å². The van der Waals surface area contributed by atoms with Crippen molar-refractivity contribution in [1.29, 1.82) is 0 Å². The first-order valence-electron chi connectivity index (χ1n) is 5.19. The second-order valence-electron chi connectivity index (χ2n) is 3.69. The van der Waals surface area contributed by atoms with Crippen molar-refractivity contribution in [3.63, 3.8) is 0 Å². The van der Waals surface area contributed by atoms with E-state index in [2.05, 4.69) is 6.92 Å². The molecule has 0 aliphatic carbocycles. The Morgan fingerprint density at radius 3 is 2.60 bits per heavy atom. The highest BCUT2D eigenvalue weighted by Gasteiger charge is 2.26. The first-order chi connectivity index (χ1) is 7.10. The molecule has 0 saturated carbocycles. The summed E-state index contributed by atoms with van der Waals surface area (Å²) in [6, 6.07) is 3.85. The van der Waals surface area contributed by atoms with E-state index in [0.717, 1.165) is 17.9 Å². The number of nitrogens with zero attached hydrogens (tertiary/aromatic N) is 1. The van der Waals surface area contributed by atoms with Gasteiger partial charge >= 0.3 is 0 Å². The van der Waals surface area contributed by atoms with Crippen molar-refractivity contribution in [3.8, 4) is 0 Å². The maximum atomic E-state index is 6.05. The molecule has 0 fully saturated rings. The Balaban J connectivity index is 2.90. The molecule has 0 bridgehead atoms. The van der Waals surface area contributed by atoms with Crippen LogP contribution in [0.4, 0.5) is 0 Å². The summed E-state index contributed by atoms with van der Waals surface area (Å²) in [5.74, 6) is 1.74. The van der Waals surface area contributed by atoms with Gasteiger partial charge in [-0.15, -0.1) is 0 Å². The van der Waals surface area contributed by atoms with Gasteiger partial charge in [0.15, 0.2) is 0 Å². The van der Waals surface area contributed by atoms with Gasteiger partial charge in [-0.2, -0.15) is 5.06 Å². The van der Waals surface area contributed by atoms with E-state index in [9.17, 15) is 0 Å². The summed E-state index contributed by atoms with van der Waals surface area (Å²) in [7, 11) is 3.49. The van der Waals surface area contributed by atoms with Crippen LogP contribution in [-0.2, 0) is 4.84 Å². The lowest BCUT2D eigenvalue weighted by Gasteiger charge is -2.28. The molecule has 1 aromatic rings. The van der Waals surface area contributed by atoms with E-state index in [-0.39, 0.29) is 12.1 Å². The summed E-state index contributed by atoms with van der Waals surface area (Å²) in [6.45, 7) is 3.97. The summed E-state index contributed by atoms with van der Waals surface area (Å²) in [6.07, 6.45) is 0.873. The first-order valence-corrected chi connectivity index (χ1v) is 5.19. The highest BCUT2D eigenvalue weighted by atomic mass is 16.7. The summed E-state index contributed by atoms with van der Waals surface area (Å²) in [5.41, 5.74) is 6.05. The molecule has 0 saturated heterocycles. The molecule has 0 aliphatic heterocycles. The third-order valence-corrected chi connectivity index (χ3v) is 2.61. The minimum Gasteiger partial charge on any atom is -0.465 e. The van der Waals surface area contributed by atoms with Gasteiger partial charge in [0.2, 0.25) is 0 Å². The van der Waals surface area contributed by atoms with Crippen LogP contribution in [0.25, 0.3) is 0 Å². The van der Waals surface area contributed by atoms with Gasteiger partial charge in [-0.05, 0) is 25.5 Å². The molecule has 15 heavy (non-hydrogen) atoms. The Morgan fingerprint density at radius 1 is 1.53 bits per heavy atom. The van der Waals surface area contributed by atoms with Crippen LogP contribution in [0.5, 0.6) is 0 Å². The summed E-state index contributed by atoms with van der Waals surface area (Å²) in [4.78, 5) is 5.19. The zero-order valence-electron chi connectivity index (χ0n) is 9.86. The Bertz CT molecular complexity index is 289. The Kier molecular flexibility index (Phi) is 4.32. The molecule has 1 aromatic heterocycles. The zero-order chi connectivity index (χ0) is 11.4. The second kappa shape index (κ2) is 5.30. The molecular weight excluding hydrogens is 192 g/mol. The Hall–Kier alpha value is -0.840. The molecule has 0 aromatic carbocycles. The number of hydroxylamine groups is 2. The third kappa shape index (κ3) is 2.81. The van der Waals surface area contributed by atoms with Crippen molar-refractivity contribution >= 4 is 0 Å². The van der Waals surface area contributed by atoms with Gasteiger partial charge in [-0.25, -0.2) is 0 Å². The number of hydrogen-bond donors (Lipinski definition) is 1. The van der Waals surface area contributed by atoms with Crippen molar-refractivity contribution in [1.82, 2.24) is 5.06 Å². The van der Waals surface area contributed by atoms with Crippen molar-refractivity contribution in [2.75, 3.05) is 14.2 Å². The van der Waals surface area contributed by atoms with Crippen LogP contribution in [0.1, 0.15) is 30.9 Å². The highest BCUT2D eigenvalue weighted by Crippen LogP contribution is 2.25. The average Bonchev–Trinajstić information content (AvgIpc) is 2.64. The van der Waals surface area contributed by atoms with Crippen molar-refractivity contribution in [3.05, 3.63) is 23.7 Å². The van der Waals surface area contributed by atoms with Gasteiger partial charge in [0.1, 0.15) is 17.6 Å². The number of hydrogen-bond acceptors (Lipinski definition) is 4. The van der Waals surface area contributed by atoms with Crippen LogP contribution in [0.2, 0.25) is 0 Å². The van der Waals surface area contributed by atoms with Crippen LogP contribution < -0.4 is 5.73 Å². The summed E-state index contributed by atoms with van der Waals surface area (Å²) in [5, 5.41) is 1.73. The maximum absolute atomic E-state index is 6.05. The van der Waals surface area contributed by atoms with Crippen LogP contribution in [0, 0.1) is 6.92 Å². The lowest BCUT2D eigenvalue weighted by atomic mass is 10.0. The molecule has 0 aliphatic rings. The summed E-state index contributed by atoms with van der Waals surface area (Å²) >= 11 is 0. The van der Waals surface area contributed by atoms with Gasteiger partial charge in [0.25, 0.3) is 0 Å². The van der Waals surface area contributed by atoms with Gasteiger partial charge in [0.05, 0.1) is 7.11 Å². The Morgan fingerprint density at radius 2 is 2.20 bits per heavy atom. The molecule has 0 amide bonds. The van der Waals surface area contributed by atoms with E-state index in [1.54, 1.807) is 12.2 Å².